The molecule has 0 aliphatic carbocycles. The van der Waals surface area contributed by atoms with Gasteiger partial charge in [0, 0.05) is 0 Å². The topological polar surface area (TPSA) is 148 Å². The first kappa shape index (κ1) is 39.4. The third kappa shape index (κ3) is 12.7. The van der Waals surface area contributed by atoms with Crippen LogP contribution in [0, 0.1) is 0 Å². The van der Waals surface area contributed by atoms with E-state index in [4.69, 9.17) is 47.8 Å². The number of para-hydroxylation sites is 4. The molecule has 0 radical (unpaired) electrons. The number of carbonyl (C=O) groups excluding carboxylic acids is 4. The monoisotopic (exact) mass is 750 g/mol. The molecule has 2 aliphatic heterocycles. The quantitative estimate of drug-likeness (QED) is 0.147. The highest BCUT2D eigenvalue weighted by atomic mass is 16.7. The van der Waals surface area contributed by atoms with Crippen LogP contribution in [0.4, 0.5) is 0 Å². The Morgan fingerprint density at radius 1 is 0.375 bits per heavy atom. The largest absolute Gasteiger partial charge is 0.457 e. The van der Waals surface area contributed by atoms with Gasteiger partial charge in [0.25, 0.3) is 0 Å². The fourth-order valence-electron chi connectivity index (χ4n) is 5.19. The Bertz CT molecular complexity index is 2030. The molecule has 0 amide bonds. The van der Waals surface area contributed by atoms with Crippen LogP contribution in [0.1, 0.15) is 36.2 Å². The number of hydrogen-bond donors (Lipinski definition) is 0. The number of oxime groups is 2. The van der Waals surface area contributed by atoms with E-state index in [1.165, 1.54) is 0 Å². The van der Waals surface area contributed by atoms with Gasteiger partial charge < -0.3 is 28.6 Å². The van der Waals surface area contributed by atoms with Gasteiger partial charge in [0.15, 0.2) is 12.2 Å². The molecule has 0 saturated heterocycles. The lowest BCUT2D eigenvalue weighted by Crippen LogP contribution is -2.07. The van der Waals surface area contributed by atoms with Gasteiger partial charge >= 0.3 is 12.3 Å². The van der Waals surface area contributed by atoms with Gasteiger partial charge in [-0.3, -0.25) is 0 Å². The molecule has 0 N–H and O–H groups in total. The van der Waals surface area contributed by atoms with E-state index in [1.54, 1.807) is 0 Å². The van der Waals surface area contributed by atoms with E-state index in [2.05, 4.69) is 10.3 Å². The van der Waals surface area contributed by atoms with Crippen molar-refractivity contribution in [2.24, 2.45) is 10.3 Å². The normalized spacial score (nSPS) is 14.6. The van der Waals surface area contributed by atoms with Gasteiger partial charge in [-0.1, -0.05) is 107 Å². The van der Waals surface area contributed by atoms with Gasteiger partial charge in [0.2, 0.25) is 11.8 Å². The Labute approximate surface area is 322 Å². The van der Waals surface area contributed by atoms with Gasteiger partial charge in [0.1, 0.15) is 34.5 Å². The highest BCUT2D eigenvalue weighted by molar-refractivity contribution is 5.80. The molecule has 12 heteroatoms. The minimum Gasteiger partial charge on any atom is -0.457 e. The number of ether oxygens (including phenoxy) is 4. The molecule has 6 aromatic rings. The van der Waals surface area contributed by atoms with E-state index in [9.17, 15) is 0 Å². The van der Waals surface area contributed by atoms with Gasteiger partial charge in [-0.2, -0.15) is 19.2 Å². The molecule has 2 aliphatic rings. The van der Waals surface area contributed by atoms with Gasteiger partial charge in [-0.05, 0) is 83.9 Å². The van der Waals surface area contributed by atoms with E-state index < -0.39 is 0 Å². The fraction of sp³-hybridized carbons (Fsp3) is 0.0909. The number of nitrogens with zero attached hydrogens (tertiary/aromatic N) is 2. The fourth-order valence-corrected chi connectivity index (χ4v) is 5.19. The van der Waals surface area contributed by atoms with E-state index in [0.29, 0.717) is 24.6 Å². The zero-order chi connectivity index (χ0) is 39.2. The van der Waals surface area contributed by atoms with Gasteiger partial charge in [-0.25, -0.2) is 0 Å². The first-order valence-electron chi connectivity index (χ1n) is 17.1. The van der Waals surface area contributed by atoms with Crippen LogP contribution < -0.4 is 18.9 Å². The highest BCUT2D eigenvalue weighted by Gasteiger charge is 2.25. The molecule has 0 aromatic heterocycles. The van der Waals surface area contributed by atoms with Crippen LogP contribution >= 0.6 is 0 Å². The second-order valence-corrected chi connectivity index (χ2v) is 11.5. The Kier molecular flexibility index (Phi) is 15.3. The summed E-state index contributed by atoms with van der Waals surface area (Å²) in [6.07, 6.45) is 1.44. The lowest BCUT2D eigenvalue weighted by atomic mass is 10.1. The summed E-state index contributed by atoms with van der Waals surface area (Å²) in [4.78, 5) is 43.5. The third-order valence-electron chi connectivity index (χ3n) is 7.70. The van der Waals surface area contributed by atoms with Crippen LogP contribution in [-0.4, -0.2) is 24.1 Å². The van der Waals surface area contributed by atoms with Crippen LogP contribution in [0.3, 0.4) is 0 Å². The van der Waals surface area contributed by atoms with Gasteiger partial charge in [-0.15, -0.1) is 0 Å². The molecular weight excluding hydrogens is 716 g/mol. The standard InChI is InChI=1S/2C21H17NO3.2CO2/c2*1-3-7-17(8-4-1)23-19-13-11-16(12-14-19)20-15-21(22-25-20)24-18-9-5-2-6-10-18;2*2-1-3/h2*1-14,20H,15H2;;/t2*20-;;/m10../s1. The molecule has 0 fully saturated rings. The summed E-state index contributed by atoms with van der Waals surface area (Å²) in [5.74, 6) is 5.89. The Hall–Kier alpha value is -7.78. The van der Waals surface area contributed by atoms with E-state index in [-0.39, 0.29) is 24.5 Å². The van der Waals surface area contributed by atoms with Crippen molar-refractivity contribution in [3.05, 3.63) is 181 Å². The average Bonchev–Trinajstić information content (AvgIpc) is 3.91. The summed E-state index contributed by atoms with van der Waals surface area (Å²) in [6.45, 7) is 0. The third-order valence-corrected chi connectivity index (χ3v) is 7.70. The predicted octanol–water partition coefficient (Wildman–Crippen LogP) is 9.50. The molecule has 8 rings (SSSR count). The maximum absolute atomic E-state index is 8.12. The van der Waals surface area contributed by atoms with Crippen molar-refractivity contribution in [3.8, 4) is 34.5 Å². The second-order valence-electron chi connectivity index (χ2n) is 11.5. The summed E-state index contributed by atoms with van der Waals surface area (Å²) in [5.41, 5.74) is 2.08. The zero-order valence-electron chi connectivity index (χ0n) is 29.7. The molecule has 0 bridgehead atoms. The molecule has 12 nitrogen and oxygen atoms in total. The molecule has 280 valence electrons. The lowest BCUT2D eigenvalue weighted by molar-refractivity contribution is -0.193. The van der Waals surface area contributed by atoms with Crippen LogP contribution in [0.15, 0.2) is 180 Å². The predicted molar refractivity (Wildman–Crippen MR) is 202 cm³/mol. The summed E-state index contributed by atoms with van der Waals surface area (Å²) in [7, 11) is 0. The number of rotatable bonds is 8. The Morgan fingerprint density at radius 3 is 0.911 bits per heavy atom. The Morgan fingerprint density at radius 2 is 0.625 bits per heavy atom. The molecule has 2 heterocycles. The second kappa shape index (κ2) is 21.7. The first-order chi connectivity index (χ1) is 27.6. The van der Waals surface area contributed by atoms with Crippen molar-refractivity contribution < 1.29 is 47.8 Å². The van der Waals surface area contributed by atoms with E-state index in [0.717, 1.165) is 45.6 Å². The van der Waals surface area contributed by atoms with Crippen molar-refractivity contribution in [1.29, 1.82) is 0 Å². The SMILES string of the molecule is O=C=O.O=C=O.c1ccc(OC2=NO[C@@H](c3ccc(Oc4ccccc4)cc3)C2)cc1.c1ccc(OC2=NO[C@H](c3ccc(Oc4ccccc4)cc3)C2)cc1. The van der Waals surface area contributed by atoms with Crippen molar-refractivity contribution in [3.63, 3.8) is 0 Å². The summed E-state index contributed by atoms with van der Waals surface area (Å²) >= 11 is 0. The van der Waals surface area contributed by atoms with Crippen molar-refractivity contribution in [2.75, 3.05) is 0 Å². The molecule has 0 saturated carbocycles. The van der Waals surface area contributed by atoms with Crippen molar-refractivity contribution in [2.45, 2.75) is 25.0 Å². The summed E-state index contributed by atoms with van der Waals surface area (Å²) < 4.78 is 23.1. The van der Waals surface area contributed by atoms with Crippen LogP contribution in [0.2, 0.25) is 0 Å². The maximum atomic E-state index is 8.12. The van der Waals surface area contributed by atoms with Crippen LogP contribution in [-0.2, 0) is 28.9 Å². The van der Waals surface area contributed by atoms with Crippen molar-refractivity contribution in [1.82, 2.24) is 0 Å². The highest BCUT2D eigenvalue weighted by Crippen LogP contribution is 2.32. The average molecular weight is 751 g/mol. The number of benzene rings is 6. The van der Waals surface area contributed by atoms with E-state index >= 15 is 0 Å². The van der Waals surface area contributed by atoms with E-state index in [1.807, 2.05) is 170 Å². The smallest absolute Gasteiger partial charge is 0.373 e. The summed E-state index contributed by atoms with van der Waals surface area (Å²) in [6, 6.07) is 54.3. The number of hydrogen-bond acceptors (Lipinski definition) is 12. The zero-order valence-corrected chi connectivity index (χ0v) is 29.7. The van der Waals surface area contributed by atoms with Gasteiger partial charge in [0.05, 0.1) is 12.8 Å². The molecule has 0 unspecified atom stereocenters. The lowest BCUT2D eigenvalue weighted by Gasteiger charge is -2.10. The summed E-state index contributed by atoms with van der Waals surface area (Å²) in [5, 5.41) is 8.08. The minimum absolute atomic E-state index is 0.135. The molecule has 6 aromatic carbocycles. The van der Waals surface area contributed by atoms with Crippen LogP contribution in [0.25, 0.3) is 0 Å². The molecule has 0 spiro atoms. The minimum atomic E-state index is -0.135. The Balaban J connectivity index is 0.000000188. The molecule has 56 heavy (non-hydrogen) atoms. The maximum Gasteiger partial charge on any atom is 0.373 e. The van der Waals surface area contributed by atoms with Crippen LogP contribution in [0.5, 0.6) is 34.5 Å². The molecular formula is C44H34N2O10. The first-order valence-corrected chi connectivity index (χ1v) is 17.1. The van der Waals surface area contributed by atoms with Crippen molar-refractivity contribution >= 4 is 24.1 Å². The molecule has 2 atom stereocenters.